The first-order valence-corrected chi connectivity index (χ1v) is 11.5. The summed E-state index contributed by atoms with van der Waals surface area (Å²) in [7, 11) is 2.99. The van der Waals surface area contributed by atoms with Crippen molar-refractivity contribution in [3.05, 3.63) is 84.2 Å². The van der Waals surface area contributed by atoms with Gasteiger partial charge in [0.15, 0.2) is 0 Å². The molecule has 3 N–H and O–H groups in total. The predicted octanol–water partition coefficient (Wildman–Crippen LogP) is 3.66. The predicted molar refractivity (Wildman–Crippen MR) is 138 cm³/mol. The van der Waals surface area contributed by atoms with Crippen molar-refractivity contribution < 1.29 is 19.2 Å². The summed E-state index contributed by atoms with van der Waals surface area (Å²) in [5.41, 5.74) is 5.58. The Morgan fingerprint density at radius 1 is 1.00 bits per heavy atom. The Bertz CT molecular complexity index is 1170. The number of benzene rings is 2. The number of pyridine rings is 1. The van der Waals surface area contributed by atoms with Crippen LogP contribution in [-0.4, -0.2) is 48.6 Å². The molecule has 0 fully saturated rings. The highest BCUT2D eigenvalue weighted by molar-refractivity contribution is 6.10. The van der Waals surface area contributed by atoms with Crippen molar-refractivity contribution in [2.45, 2.75) is 19.8 Å². The number of hydroxylamine groups is 2. The van der Waals surface area contributed by atoms with Crippen molar-refractivity contribution in [1.29, 1.82) is 0 Å². The number of urea groups is 1. The summed E-state index contributed by atoms with van der Waals surface area (Å²) < 4.78 is 0. The molecule has 0 radical (unpaired) electrons. The van der Waals surface area contributed by atoms with Gasteiger partial charge >= 0.3 is 6.03 Å². The minimum Gasteiger partial charge on any atom is -0.355 e. The summed E-state index contributed by atoms with van der Waals surface area (Å²) in [6, 6.07) is 17.6. The molecular formula is C26H30N6O4. The van der Waals surface area contributed by atoms with Gasteiger partial charge in [-0.25, -0.2) is 20.3 Å². The SMILES string of the molecule is CCNC(=O)NN(C(=O)c1cnccc1Nc1ccccc1)c1ccc(CCC(=O)N(C)OC)cc1. The van der Waals surface area contributed by atoms with Gasteiger partial charge in [-0.15, -0.1) is 0 Å². The molecule has 188 valence electrons. The maximum atomic E-state index is 13.6. The smallest absolute Gasteiger partial charge is 0.333 e. The summed E-state index contributed by atoms with van der Waals surface area (Å²) >= 11 is 0. The number of rotatable bonds is 9. The average molecular weight is 491 g/mol. The standard InChI is InChI=1S/C26H30N6O4/c1-4-28-26(35)30-32(21-13-10-19(11-14-21)12-15-24(33)31(2)36-3)25(34)22-18-27-17-16-23(22)29-20-8-6-5-7-9-20/h5-11,13-14,16-18H,4,12,15H2,1-3H3,(H,27,29)(H2,28,30,35). The summed E-state index contributed by atoms with van der Waals surface area (Å²) in [6.45, 7) is 2.18. The third kappa shape index (κ3) is 7.03. The number of nitrogens with zero attached hydrogens (tertiary/aromatic N) is 3. The molecule has 0 aliphatic carbocycles. The fraction of sp³-hybridized carbons (Fsp3) is 0.231. The topological polar surface area (TPSA) is 116 Å². The molecule has 0 unspecified atom stereocenters. The summed E-state index contributed by atoms with van der Waals surface area (Å²) in [5.74, 6) is -0.622. The van der Waals surface area contributed by atoms with E-state index in [0.29, 0.717) is 24.3 Å². The number of aromatic nitrogens is 1. The molecule has 0 bridgehead atoms. The Kier molecular flexibility index (Phi) is 9.35. The van der Waals surface area contributed by atoms with E-state index in [1.165, 1.54) is 23.4 Å². The van der Waals surface area contributed by atoms with Crippen LogP contribution in [0.5, 0.6) is 0 Å². The zero-order valence-electron chi connectivity index (χ0n) is 20.5. The van der Waals surface area contributed by atoms with Gasteiger partial charge in [-0.2, -0.15) is 0 Å². The quantitative estimate of drug-likeness (QED) is 0.394. The zero-order chi connectivity index (χ0) is 25.9. The molecule has 0 atom stereocenters. The van der Waals surface area contributed by atoms with Gasteiger partial charge in [0.1, 0.15) is 0 Å². The molecule has 10 heteroatoms. The molecule has 0 aliphatic heterocycles. The van der Waals surface area contributed by atoms with Crippen LogP contribution in [0.2, 0.25) is 0 Å². The fourth-order valence-corrected chi connectivity index (χ4v) is 3.33. The lowest BCUT2D eigenvalue weighted by atomic mass is 10.1. The van der Waals surface area contributed by atoms with Crippen LogP contribution in [0.1, 0.15) is 29.3 Å². The van der Waals surface area contributed by atoms with Crippen LogP contribution in [0.25, 0.3) is 0 Å². The number of hydrogen-bond acceptors (Lipinski definition) is 6. The lowest BCUT2D eigenvalue weighted by Gasteiger charge is -2.25. The van der Waals surface area contributed by atoms with E-state index in [1.54, 1.807) is 38.4 Å². The minimum absolute atomic E-state index is 0.147. The van der Waals surface area contributed by atoms with Crippen molar-refractivity contribution in [2.75, 3.05) is 31.0 Å². The van der Waals surface area contributed by atoms with Gasteiger partial charge in [-0.05, 0) is 49.2 Å². The van der Waals surface area contributed by atoms with E-state index in [4.69, 9.17) is 4.84 Å². The molecule has 3 aromatic rings. The maximum Gasteiger partial charge on any atom is 0.333 e. The molecule has 36 heavy (non-hydrogen) atoms. The van der Waals surface area contributed by atoms with Crippen LogP contribution in [0.3, 0.4) is 0 Å². The largest absolute Gasteiger partial charge is 0.355 e. The van der Waals surface area contributed by atoms with Crippen LogP contribution in [0.4, 0.5) is 21.9 Å². The molecule has 0 spiro atoms. The summed E-state index contributed by atoms with van der Waals surface area (Å²) in [5, 5.41) is 8.22. The van der Waals surface area contributed by atoms with Crippen LogP contribution < -0.4 is 21.1 Å². The Morgan fingerprint density at radius 3 is 2.39 bits per heavy atom. The Balaban J connectivity index is 1.85. The molecule has 10 nitrogen and oxygen atoms in total. The van der Waals surface area contributed by atoms with Gasteiger partial charge in [0.25, 0.3) is 5.91 Å². The number of para-hydroxylation sites is 1. The number of carbonyl (C=O) groups is 3. The average Bonchev–Trinajstić information content (AvgIpc) is 2.91. The third-order valence-electron chi connectivity index (χ3n) is 5.31. The fourth-order valence-electron chi connectivity index (χ4n) is 3.33. The Morgan fingerprint density at radius 2 is 1.72 bits per heavy atom. The van der Waals surface area contributed by atoms with E-state index in [1.807, 2.05) is 42.5 Å². The molecule has 0 saturated heterocycles. The highest BCUT2D eigenvalue weighted by Crippen LogP contribution is 2.24. The Hall–Kier alpha value is -4.44. The normalized spacial score (nSPS) is 10.3. The van der Waals surface area contributed by atoms with E-state index < -0.39 is 11.9 Å². The number of amides is 4. The number of aryl methyl sites for hydroxylation is 1. The number of nitrogens with one attached hydrogen (secondary N) is 3. The second-order valence-electron chi connectivity index (χ2n) is 7.76. The summed E-state index contributed by atoms with van der Waals surface area (Å²) in [6.07, 6.45) is 3.80. The molecule has 1 heterocycles. The van der Waals surface area contributed by atoms with Crippen molar-refractivity contribution in [1.82, 2.24) is 20.8 Å². The van der Waals surface area contributed by atoms with Gasteiger partial charge < -0.3 is 10.6 Å². The van der Waals surface area contributed by atoms with Crippen molar-refractivity contribution in [2.24, 2.45) is 0 Å². The lowest BCUT2D eigenvalue weighted by Crippen LogP contribution is -2.50. The number of carbonyl (C=O) groups excluding carboxylic acids is 3. The molecule has 3 rings (SSSR count). The monoisotopic (exact) mass is 490 g/mol. The summed E-state index contributed by atoms with van der Waals surface area (Å²) in [4.78, 5) is 47.0. The molecule has 0 saturated carbocycles. The number of hydrogen-bond donors (Lipinski definition) is 3. The second-order valence-corrected chi connectivity index (χ2v) is 7.76. The van der Waals surface area contributed by atoms with Gasteiger partial charge in [0.05, 0.1) is 24.0 Å². The van der Waals surface area contributed by atoms with Crippen molar-refractivity contribution in [3.63, 3.8) is 0 Å². The van der Waals surface area contributed by atoms with E-state index >= 15 is 0 Å². The van der Waals surface area contributed by atoms with Crippen molar-refractivity contribution >= 4 is 34.9 Å². The molecule has 1 aromatic heterocycles. The van der Waals surface area contributed by atoms with Gasteiger partial charge in [-0.3, -0.25) is 19.4 Å². The minimum atomic E-state index is -0.524. The van der Waals surface area contributed by atoms with Crippen LogP contribution in [0.15, 0.2) is 73.1 Å². The van der Waals surface area contributed by atoms with E-state index in [9.17, 15) is 14.4 Å². The highest BCUT2D eigenvalue weighted by atomic mass is 16.7. The second kappa shape index (κ2) is 12.9. The number of anilines is 3. The van der Waals surface area contributed by atoms with Crippen molar-refractivity contribution in [3.8, 4) is 0 Å². The third-order valence-corrected chi connectivity index (χ3v) is 5.31. The number of hydrazine groups is 1. The molecule has 0 aliphatic rings. The highest BCUT2D eigenvalue weighted by Gasteiger charge is 2.23. The molecular weight excluding hydrogens is 460 g/mol. The van der Waals surface area contributed by atoms with E-state index in [0.717, 1.165) is 11.3 Å². The van der Waals surface area contributed by atoms with E-state index in [2.05, 4.69) is 21.0 Å². The van der Waals surface area contributed by atoms with Gasteiger partial charge in [0.2, 0.25) is 5.91 Å². The molecule has 4 amide bonds. The molecule has 2 aromatic carbocycles. The first kappa shape index (κ1) is 26.2. The van der Waals surface area contributed by atoms with Crippen LogP contribution >= 0.6 is 0 Å². The Labute approximate surface area is 210 Å². The lowest BCUT2D eigenvalue weighted by molar-refractivity contribution is -0.168. The van der Waals surface area contributed by atoms with Crippen LogP contribution in [-0.2, 0) is 16.1 Å². The first-order chi connectivity index (χ1) is 17.4. The zero-order valence-corrected chi connectivity index (χ0v) is 20.5. The van der Waals surface area contributed by atoms with Gasteiger partial charge in [0, 0.05) is 38.1 Å². The van der Waals surface area contributed by atoms with Crippen LogP contribution in [0, 0.1) is 0 Å². The first-order valence-electron chi connectivity index (χ1n) is 11.5. The maximum absolute atomic E-state index is 13.6. The van der Waals surface area contributed by atoms with E-state index in [-0.39, 0.29) is 17.9 Å². The van der Waals surface area contributed by atoms with Gasteiger partial charge in [-0.1, -0.05) is 30.3 Å².